The minimum atomic E-state index is -0.162. The molecule has 0 heterocycles. The lowest BCUT2D eigenvalue weighted by Crippen LogP contribution is -2.23. The Kier molecular flexibility index (Phi) is 6.13. The van der Waals surface area contributed by atoms with Crippen molar-refractivity contribution < 1.29 is 4.39 Å². The van der Waals surface area contributed by atoms with E-state index in [1.165, 1.54) is 6.07 Å². The van der Waals surface area contributed by atoms with E-state index in [4.69, 9.17) is 0 Å². The minimum absolute atomic E-state index is 0.162. The van der Waals surface area contributed by atoms with Crippen LogP contribution in [0.4, 0.5) is 10.1 Å². The molecule has 1 aromatic carbocycles. The monoisotopic (exact) mass is 252 g/mol. The van der Waals surface area contributed by atoms with Gasteiger partial charge in [0.15, 0.2) is 0 Å². The van der Waals surface area contributed by atoms with Gasteiger partial charge in [0.05, 0.1) is 0 Å². The molecule has 0 bridgehead atoms. The van der Waals surface area contributed by atoms with E-state index in [2.05, 4.69) is 38.0 Å². The summed E-state index contributed by atoms with van der Waals surface area (Å²) >= 11 is 0. The van der Waals surface area contributed by atoms with E-state index >= 15 is 0 Å². The molecule has 0 radical (unpaired) electrons. The summed E-state index contributed by atoms with van der Waals surface area (Å²) in [5.74, 6) is 0.445. The maximum atomic E-state index is 13.3. The molecule has 0 unspecified atom stereocenters. The van der Waals surface area contributed by atoms with Gasteiger partial charge in [0, 0.05) is 25.8 Å². The quantitative estimate of drug-likeness (QED) is 0.800. The lowest BCUT2D eigenvalue weighted by atomic mass is 10.1. The number of hydrogen-bond donors (Lipinski definition) is 1. The van der Waals surface area contributed by atoms with E-state index in [0.29, 0.717) is 5.92 Å². The first-order valence-electron chi connectivity index (χ1n) is 6.74. The summed E-state index contributed by atoms with van der Waals surface area (Å²) in [6.45, 7) is 9.15. The van der Waals surface area contributed by atoms with E-state index in [1.54, 1.807) is 6.07 Å². The van der Waals surface area contributed by atoms with Crippen LogP contribution in [-0.4, -0.2) is 20.1 Å². The highest BCUT2D eigenvalue weighted by Gasteiger charge is 2.08. The molecule has 0 atom stereocenters. The summed E-state index contributed by atoms with van der Waals surface area (Å²) in [6, 6.07) is 5.04. The van der Waals surface area contributed by atoms with Crippen molar-refractivity contribution in [2.24, 2.45) is 5.92 Å². The fourth-order valence-corrected chi connectivity index (χ4v) is 2.02. The number of halogens is 1. The molecule has 18 heavy (non-hydrogen) atoms. The molecule has 0 spiro atoms. The summed E-state index contributed by atoms with van der Waals surface area (Å²) in [5.41, 5.74) is 2.15. The Balaban J connectivity index is 2.76. The molecule has 0 aromatic heterocycles. The predicted molar refractivity (Wildman–Crippen MR) is 76.5 cm³/mol. The molecule has 1 N–H and O–H groups in total. The number of rotatable bonds is 7. The Morgan fingerprint density at radius 2 is 2.06 bits per heavy atom. The van der Waals surface area contributed by atoms with Crippen molar-refractivity contribution in [1.82, 2.24) is 5.32 Å². The molecule has 3 heteroatoms. The van der Waals surface area contributed by atoms with E-state index in [9.17, 15) is 4.39 Å². The van der Waals surface area contributed by atoms with Crippen LogP contribution >= 0.6 is 0 Å². The molecule has 0 saturated carbocycles. The third-order valence-electron chi connectivity index (χ3n) is 2.88. The topological polar surface area (TPSA) is 15.3 Å². The van der Waals surface area contributed by atoms with E-state index in [-0.39, 0.29) is 5.82 Å². The van der Waals surface area contributed by atoms with Gasteiger partial charge in [0.2, 0.25) is 0 Å². The van der Waals surface area contributed by atoms with Crippen molar-refractivity contribution in [2.45, 2.75) is 33.7 Å². The molecule has 0 amide bonds. The predicted octanol–water partition coefficient (Wildman–Crippen LogP) is 3.42. The van der Waals surface area contributed by atoms with Gasteiger partial charge >= 0.3 is 0 Å². The smallest absolute Gasteiger partial charge is 0.123 e. The fraction of sp³-hybridized carbons (Fsp3) is 0.600. The Morgan fingerprint density at radius 3 is 2.67 bits per heavy atom. The van der Waals surface area contributed by atoms with Crippen LogP contribution in [0.1, 0.15) is 32.8 Å². The summed E-state index contributed by atoms with van der Waals surface area (Å²) in [5, 5.41) is 3.37. The average molecular weight is 252 g/mol. The van der Waals surface area contributed by atoms with Crippen LogP contribution in [0, 0.1) is 11.7 Å². The second-order valence-corrected chi connectivity index (χ2v) is 5.22. The Labute approximate surface area is 110 Å². The van der Waals surface area contributed by atoms with Crippen LogP contribution in [0.5, 0.6) is 0 Å². The van der Waals surface area contributed by atoms with Crippen LogP contribution in [0.3, 0.4) is 0 Å². The molecule has 0 fully saturated rings. The molecule has 0 saturated heterocycles. The molecular weight excluding hydrogens is 227 g/mol. The molecule has 2 nitrogen and oxygen atoms in total. The first-order valence-corrected chi connectivity index (χ1v) is 6.74. The number of anilines is 1. The highest BCUT2D eigenvalue weighted by atomic mass is 19.1. The normalized spacial score (nSPS) is 11.0. The fourth-order valence-electron chi connectivity index (χ4n) is 2.02. The van der Waals surface area contributed by atoms with Crippen molar-refractivity contribution in [3.8, 4) is 0 Å². The summed E-state index contributed by atoms with van der Waals surface area (Å²) in [6.07, 6.45) is 1.09. The van der Waals surface area contributed by atoms with Gasteiger partial charge < -0.3 is 10.2 Å². The van der Waals surface area contributed by atoms with Crippen molar-refractivity contribution in [2.75, 3.05) is 25.0 Å². The van der Waals surface area contributed by atoms with Gasteiger partial charge in [0.1, 0.15) is 5.82 Å². The van der Waals surface area contributed by atoms with Crippen LogP contribution in [0.25, 0.3) is 0 Å². The Bertz CT molecular complexity index is 364. The number of nitrogens with one attached hydrogen (secondary N) is 1. The summed E-state index contributed by atoms with van der Waals surface area (Å²) in [4.78, 5) is 2.19. The standard InChI is InChI=1S/C15H25FN2/c1-5-8-18(4)15-7-6-14(16)9-13(15)11-17-10-12(2)3/h6-7,9,12,17H,5,8,10-11H2,1-4H3. The van der Waals surface area contributed by atoms with Crippen molar-refractivity contribution in [3.63, 3.8) is 0 Å². The number of nitrogens with zero attached hydrogens (tertiary/aromatic N) is 1. The first kappa shape index (κ1) is 15.0. The molecule has 102 valence electrons. The highest BCUT2D eigenvalue weighted by molar-refractivity contribution is 5.53. The zero-order valence-electron chi connectivity index (χ0n) is 12.0. The lowest BCUT2D eigenvalue weighted by molar-refractivity contribution is 0.549. The van der Waals surface area contributed by atoms with E-state index < -0.39 is 0 Å². The molecule has 0 aliphatic rings. The van der Waals surface area contributed by atoms with Gasteiger partial charge in [-0.2, -0.15) is 0 Å². The molecule has 0 aliphatic heterocycles. The van der Waals surface area contributed by atoms with Crippen LogP contribution in [0.2, 0.25) is 0 Å². The molecule has 1 aromatic rings. The van der Waals surface area contributed by atoms with Crippen molar-refractivity contribution in [3.05, 3.63) is 29.6 Å². The SMILES string of the molecule is CCCN(C)c1ccc(F)cc1CNCC(C)C. The summed E-state index contributed by atoms with van der Waals surface area (Å²) < 4.78 is 13.3. The van der Waals surface area contributed by atoms with Gasteiger partial charge in [0.25, 0.3) is 0 Å². The Morgan fingerprint density at radius 1 is 1.33 bits per heavy atom. The lowest BCUT2D eigenvalue weighted by Gasteiger charge is -2.22. The van der Waals surface area contributed by atoms with Gasteiger partial charge in [-0.05, 0) is 42.6 Å². The zero-order chi connectivity index (χ0) is 13.5. The van der Waals surface area contributed by atoms with E-state index in [0.717, 1.165) is 37.3 Å². The second kappa shape index (κ2) is 7.37. The largest absolute Gasteiger partial charge is 0.374 e. The van der Waals surface area contributed by atoms with Crippen LogP contribution in [0.15, 0.2) is 18.2 Å². The van der Waals surface area contributed by atoms with E-state index in [1.807, 2.05) is 6.07 Å². The average Bonchev–Trinajstić information content (AvgIpc) is 2.29. The van der Waals surface area contributed by atoms with Crippen molar-refractivity contribution >= 4 is 5.69 Å². The second-order valence-electron chi connectivity index (χ2n) is 5.22. The van der Waals surface area contributed by atoms with Gasteiger partial charge in [-0.3, -0.25) is 0 Å². The third kappa shape index (κ3) is 4.65. The van der Waals surface area contributed by atoms with Crippen LogP contribution in [-0.2, 0) is 6.54 Å². The maximum absolute atomic E-state index is 13.3. The zero-order valence-corrected chi connectivity index (χ0v) is 12.0. The molecular formula is C15H25FN2. The summed E-state index contributed by atoms with van der Waals surface area (Å²) in [7, 11) is 2.06. The first-order chi connectivity index (χ1) is 8.54. The highest BCUT2D eigenvalue weighted by Crippen LogP contribution is 2.21. The third-order valence-corrected chi connectivity index (χ3v) is 2.88. The number of hydrogen-bond acceptors (Lipinski definition) is 2. The number of benzene rings is 1. The maximum Gasteiger partial charge on any atom is 0.123 e. The Hall–Kier alpha value is -1.09. The van der Waals surface area contributed by atoms with Gasteiger partial charge in [-0.25, -0.2) is 4.39 Å². The van der Waals surface area contributed by atoms with Gasteiger partial charge in [-0.1, -0.05) is 20.8 Å². The molecule has 0 aliphatic carbocycles. The van der Waals surface area contributed by atoms with Gasteiger partial charge in [-0.15, -0.1) is 0 Å². The minimum Gasteiger partial charge on any atom is -0.374 e. The van der Waals surface area contributed by atoms with Crippen molar-refractivity contribution in [1.29, 1.82) is 0 Å². The van der Waals surface area contributed by atoms with Crippen LogP contribution < -0.4 is 10.2 Å². The molecule has 1 rings (SSSR count).